The van der Waals surface area contributed by atoms with Gasteiger partial charge in [-0.25, -0.2) is 9.78 Å². The zero-order valence-corrected chi connectivity index (χ0v) is 11.1. The lowest BCUT2D eigenvalue weighted by Gasteiger charge is -2.05. The van der Waals surface area contributed by atoms with Gasteiger partial charge in [-0.2, -0.15) is 13.2 Å². The molecule has 0 aromatic carbocycles. The Hall–Kier alpha value is -1.96. The number of hydrogen-bond donors (Lipinski definition) is 0. The highest BCUT2D eigenvalue weighted by molar-refractivity contribution is 7.17. The summed E-state index contributed by atoms with van der Waals surface area (Å²) < 4.78 is 43.3. The maximum atomic E-state index is 12.9. The van der Waals surface area contributed by atoms with Crippen molar-refractivity contribution < 1.29 is 22.7 Å². The first-order valence-corrected chi connectivity index (χ1v) is 6.40. The number of thiazole rings is 1. The van der Waals surface area contributed by atoms with E-state index in [1.54, 1.807) is 0 Å². The second kappa shape index (κ2) is 5.58. The molecule has 2 heterocycles. The van der Waals surface area contributed by atoms with Gasteiger partial charge in [-0.1, -0.05) is 0 Å². The molecule has 0 radical (unpaired) electrons. The van der Waals surface area contributed by atoms with Crippen molar-refractivity contribution >= 4 is 17.3 Å². The second-order valence-corrected chi connectivity index (χ2v) is 4.65. The molecule has 0 atom stereocenters. The number of alkyl halides is 3. The Balaban J connectivity index is 2.50. The van der Waals surface area contributed by atoms with Gasteiger partial charge in [0.1, 0.15) is 9.88 Å². The van der Waals surface area contributed by atoms with Crippen LogP contribution in [0.1, 0.15) is 22.3 Å². The third kappa shape index (κ3) is 2.96. The smallest absolute Gasteiger partial charge is 0.435 e. The SMILES string of the molecule is CCOC(=O)c1sc(-c2ccncc2)nc1C(F)(F)F. The zero-order valence-electron chi connectivity index (χ0n) is 10.3. The van der Waals surface area contributed by atoms with Crippen LogP contribution in [-0.2, 0) is 10.9 Å². The lowest BCUT2D eigenvalue weighted by atomic mass is 10.3. The lowest BCUT2D eigenvalue weighted by molar-refractivity contribution is -0.141. The number of pyridine rings is 1. The highest BCUT2D eigenvalue weighted by atomic mass is 32.1. The molecule has 8 heteroatoms. The molecule has 2 rings (SSSR count). The lowest BCUT2D eigenvalue weighted by Crippen LogP contribution is -2.13. The molecule has 2 aromatic heterocycles. The Labute approximate surface area is 116 Å². The van der Waals surface area contributed by atoms with Crippen LogP contribution in [0.5, 0.6) is 0 Å². The average Bonchev–Trinajstić information content (AvgIpc) is 2.85. The maximum Gasteiger partial charge on any atom is 0.435 e. The summed E-state index contributed by atoms with van der Waals surface area (Å²) in [4.78, 5) is 18.4. The summed E-state index contributed by atoms with van der Waals surface area (Å²) in [5, 5.41) is 0.0998. The first-order valence-electron chi connectivity index (χ1n) is 5.59. The van der Waals surface area contributed by atoms with E-state index in [0.717, 1.165) is 0 Å². The third-order valence-corrected chi connectivity index (χ3v) is 3.37. The van der Waals surface area contributed by atoms with E-state index in [9.17, 15) is 18.0 Å². The minimum atomic E-state index is -4.70. The van der Waals surface area contributed by atoms with E-state index in [0.29, 0.717) is 16.9 Å². The summed E-state index contributed by atoms with van der Waals surface area (Å²) in [5.41, 5.74) is -0.751. The van der Waals surface area contributed by atoms with E-state index in [1.807, 2.05) is 0 Å². The third-order valence-electron chi connectivity index (χ3n) is 2.28. The number of hydrogen-bond acceptors (Lipinski definition) is 5. The standard InChI is InChI=1S/C12H9F3N2O2S/c1-2-19-11(18)8-9(12(13,14)15)17-10(20-8)7-3-5-16-6-4-7/h3-6H,2H2,1H3. The molecular weight excluding hydrogens is 293 g/mol. The summed E-state index contributed by atoms with van der Waals surface area (Å²) in [6.07, 6.45) is -1.83. The molecule has 20 heavy (non-hydrogen) atoms. The average molecular weight is 302 g/mol. The van der Waals surface area contributed by atoms with Crippen LogP contribution in [0.3, 0.4) is 0 Å². The molecule has 0 aliphatic rings. The van der Waals surface area contributed by atoms with Gasteiger partial charge in [0.15, 0.2) is 5.69 Å². The van der Waals surface area contributed by atoms with Crippen molar-refractivity contribution in [3.8, 4) is 10.6 Å². The summed E-state index contributed by atoms with van der Waals surface area (Å²) in [6, 6.07) is 3.04. The van der Waals surface area contributed by atoms with Crippen molar-refractivity contribution in [1.82, 2.24) is 9.97 Å². The first kappa shape index (κ1) is 14.4. The molecule has 2 aromatic rings. The highest BCUT2D eigenvalue weighted by Crippen LogP contribution is 2.37. The molecule has 106 valence electrons. The number of carbonyl (C=O) groups excluding carboxylic acids is 1. The molecule has 0 unspecified atom stereocenters. The van der Waals surface area contributed by atoms with Crippen LogP contribution >= 0.6 is 11.3 Å². The van der Waals surface area contributed by atoms with Gasteiger partial charge < -0.3 is 4.74 Å². The Bertz CT molecular complexity index is 611. The van der Waals surface area contributed by atoms with E-state index >= 15 is 0 Å². The maximum absolute atomic E-state index is 12.9. The minimum Gasteiger partial charge on any atom is -0.462 e. The fraction of sp³-hybridized carbons (Fsp3) is 0.250. The van der Waals surface area contributed by atoms with Gasteiger partial charge in [-0.3, -0.25) is 4.98 Å². The predicted molar refractivity (Wildman–Crippen MR) is 66.3 cm³/mol. The second-order valence-electron chi connectivity index (χ2n) is 3.65. The van der Waals surface area contributed by atoms with Gasteiger partial charge in [-0.05, 0) is 19.1 Å². The molecule has 0 spiro atoms. The van der Waals surface area contributed by atoms with Crippen molar-refractivity contribution in [3.63, 3.8) is 0 Å². The molecule has 0 amide bonds. The molecule has 0 saturated heterocycles. The fourth-order valence-corrected chi connectivity index (χ4v) is 2.45. The number of carbonyl (C=O) groups is 1. The van der Waals surface area contributed by atoms with Crippen molar-refractivity contribution in [2.45, 2.75) is 13.1 Å². The van der Waals surface area contributed by atoms with Crippen LogP contribution in [-0.4, -0.2) is 22.5 Å². The minimum absolute atomic E-state index is 0.00137. The Morgan fingerprint density at radius 2 is 2.00 bits per heavy atom. The number of aromatic nitrogens is 2. The number of ether oxygens (including phenoxy) is 1. The van der Waals surface area contributed by atoms with Crippen LogP contribution in [0.2, 0.25) is 0 Å². The van der Waals surface area contributed by atoms with Crippen molar-refractivity contribution in [1.29, 1.82) is 0 Å². The molecule has 0 aliphatic carbocycles. The largest absolute Gasteiger partial charge is 0.462 e. The van der Waals surface area contributed by atoms with Gasteiger partial charge in [-0.15, -0.1) is 11.3 Å². The molecular formula is C12H9F3N2O2S. The van der Waals surface area contributed by atoms with Crippen LogP contribution in [0.25, 0.3) is 10.6 Å². The Morgan fingerprint density at radius 3 is 2.55 bits per heavy atom. The van der Waals surface area contributed by atoms with Crippen LogP contribution in [0, 0.1) is 0 Å². The molecule has 4 nitrogen and oxygen atoms in total. The molecule has 0 saturated carbocycles. The van der Waals surface area contributed by atoms with E-state index < -0.39 is 22.7 Å². The molecule has 0 aliphatic heterocycles. The number of rotatable bonds is 3. The molecule has 0 bridgehead atoms. The predicted octanol–water partition coefficient (Wildman–Crippen LogP) is 3.40. The molecule has 0 fully saturated rings. The van der Waals surface area contributed by atoms with E-state index in [4.69, 9.17) is 0 Å². The summed E-state index contributed by atoms with van der Waals surface area (Å²) in [7, 11) is 0. The summed E-state index contributed by atoms with van der Waals surface area (Å²) >= 11 is 0.654. The van der Waals surface area contributed by atoms with Crippen LogP contribution in [0.15, 0.2) is 24.5 Å². The molecule has 0 N–H and O–H groups in total. The van der Waals surface area contributed by atoms with Crippen molar-refractivity contribution in [2.75, 3.05) is 6.61 Å². The van der Waals surface area contributed by atoms with Gasteiger partial charge in [0, 0.05) is 18.0 Å². The van der Waals surface area contributed by atoms with Gasteiger partial charge in [0.25, 0.3) is 0 Å². The zero-order chi connectivity index (χ0) is 14.8. The van der Waals surface area contributed by atoms with Gasteiger partial charge in [0.2, 0.25) is 0 Å². The van der Waals surface area contributed by atoms with Crippen LogP contribution < -0.4 is 0 Å². The summed E-state index contributed by atoms with van der Waals surface area (Å²) in [5.74, 6) is -1.02. The Morgan fingerprint density at radius 1 is 1.35 bits per heavy atom. The van der Waals surface area contributed by atoms with Crippen molar-refractivity contribution in [2.24, 2.45) is 0 Å². The monoisotopic (exact) mass is 302 g/mol. The van der Waals surface area contributed by atoms with Crippen LogP contribution in [0.4, 0.5) is 13.2 Å². The summed E-state index contributed by atoms with van der Waals surface area (Å²) in [6.45, 7) is 1.52. The number of nitrogens with zero attached hydrogens (tertiary/aromatic N) is 2. The van der Waals surface area contributed by atoms with E-state index in [2.05, 4.69) is 14.7 Å². The highest BCUT2D eigenvalue weighted by Gasteiger charge is 2.40. The fourth-order valence-electron chi connectivity index (χ4n) is 1.47. The van der Waals surface area contributed by atoms with E-state index in [1.165, 1.54) is 31.5 Å². The topological polar surface area (TPSA) is 52.1 Å². The van der Waals surface area contributed by atoms with Gasteiger partial charge >= 0.3 is 12.1 Å². The number of esters is 1. The quantitative estimate of drug-likeness (QED) is 0.815. The van der Waals surface area contributed by atoms with E-state index in [-0.39, 0.29) is 11.6 Å². The first-order chi connectivity index (χ1) is 9.43. The number of halogens is 3. The van der Waals surface area contributed by atoms with Gasteiger partial charge in [0.05, 0.1) is 6.61 Å². The normalized spacial score (nSPS) is 11.4. The van der Waals surface area contributed by atoms with Crippen molar-refractivity contribution in [3.05, 3.63) is 35.1 Å². The Kier molecular flexibility index (Phi) is 4.03.